The van der Waals surface area contributed by atoms with Crippen LogP contribution in [0.3, 0.4) is 0 Å². The van der Waals surface area contributed by atoms with Gasteiger partial charge in [-0.05, 0) is 56.2 Å². The molecular weight excluding hydrogens is 388 g/mol. The number of hydrogen-bond donors (Lipinski definition) is 0. The fourth-order valence-corrected chi connectivity index (χ4v) is 5.57. The highest BCUT2D eigenvalue weighted by molar-refractivity contribution is 8.00. The molecule has 2 aromatic heterocycles. The first kappa shape index (κ1) is 17.9. The molecule has 28 heavy (non-hydrogen) atoms. The van der Waals surface area contributed by atoms with Gasteiger partial charge in [-0.3, -0.25) is 9.36 Å². The van der Waals surface area contributed by atoms with Crippen LogP contribution < -0.4 is 4.90 Å². The summed E-state index contributed by atoms with van der Waals surface area (Å²) in [6.07, 6.45) is 3.23. The Morgan fingerprint density at radius 3 is 2.79 bits per heavy atom. The normalized spacial score (nSPS) is 19.6. The minimum atomic E-state index is -0.216. The maximum atomic E-state index is 13.3. The molecular formula is C21H22N4OS2. The standard InChI is InChI=1S/C21H22N4OS2/c1-13-12-15-6-3-4-7-17(15)24(13)20(26)14(2)28-21-23-22-19(18-8-5-11-27-18)25(21)16-9-10-16/h3-8,11,13-14,16H,9-10,12H2,1-2H3. The van der Waals surface area contributed by atoms with Crippen LogP contribution in [-0.4, -0.2) is 32.0 Å². The fourth-order valence-electron chi connectivity index (χ4n) is 3.90. The molecule has 1 aromatic carbocycles. The number of carbonyl (C=O) groups is 1. The number of carbonyl (C=O) groups excluding carboxylic acids is 1. The van der Waals surface area contributed by atoms with Crippen molar-refractivity contribution in [2.24, 2.45) is 0 Å². The highest BCUT2D eigenvalue weighted by Crippen LogP contribution is 2.43. The molecule has 1 saturated carbocycles. The molecule has 0 radical (unpaired) electrons. The molecule has 2 aliphatic rings. The lowest BCUT2D eigenvalue weighted by Crippen LogP contribution is -2.40. The van der Waals surface area contributed by atoms with E-state index in [2.05, 4.69) is 45.3 Å². The van der Waals surface area contributed by atoms with Crippen molar-refractivity contribution in [3.05, 3.63) is 47.3 Å². The zero-order valence-corrected chi connectivity index (χ0v) is 17.5. The van der Waals surface area contributed by atoms with Crippen LogP contribution in [0.5, 0.6) is 0 Å². The quantitative estimate of drug-likeness (QED) is 0.567. The second-order valence-electron chi connectivity index (χ2n) is 7.53. The van der Waals surface area contributed by atoms with Crippen molar-refractivity contribution < 1.29 is 4.79 Å². The number of amides is 1. The van der Waals surface area contributed by atoms with Crippen molar-refractivity contribution in [1.29, 1.82) is 0 Å². The molecule has 0 spiro atoms. The number of thioether (sulfide) groups is 1. The first-order valence-corrected chi connectivity index (χ1v) is 11.5. The SMILES string of the molecule is CC(Sc1nnc(-c2cccs2)n1C1CC1)C(=O)N1c2ccccc2CC1C. The Labute approximate surface area is 172 Å². The van der Waals surface area contributed by atoms with Gasteiger partial charge in [0.25, 0.3) is 0 Å². The summed E-state index contributed by atoms with van der Waals surface area (Å²) in [5, 5.41) is 11.6. The summed E-state index contributed by atoms with van der Waals surface area (Å²) in [6, 6.07) is 13.0. The molecule has 0 saturated heterocycles. The Morgan fingerprint density at radius 1 is 1.21 bits per heavy atom. The van der Waals surface area contributed by atoms with E-state index in [9.17, 15) is 4.79 Å². The molecule has 2 unspecified atom stereocenters. The van der Waals surface area contributed by atoms with Crippen molar-refractivity contribution in [1.82, 2.24) is 14.8 Å². The highest BCUT2D eigenvalue weighted by Gasteiger charge is 2.36. The Kier molecular flexibility index (Phi) is 4.51. The first-order valence-electron chi connectivity index (χ1n) is 9.70. The molecule has 1 fully saturated rings. The number of para-hydroxylation sites is 1. The predicted molar refractivity (Wildman–Crippen MR) is 114 cm³/mol. The summed E-state index contributed by atoms with van der Waals surface area (Å²) in [4.78, 5) is 16.4. The van der Waals surface area contributed by atoms with E-state index in [1.165, 1.54) is 17.3 Å². The van der Waals surface area contributed by atoms with Gasteiger partial charge < -0.3 is 4.90 Å². The Balaban J connectivity index is 1.40. The number of fused-ring (bicyclic) bond motifs is 1. The van der Waals surface area contributed by atoms with Crippen LogP contribution in [0.15, 0.2) is 46.9 Å². The third-order valence-electron chi connectivity index (χ3n) is 5.39. The average molecular weight is 411 g/mol. The summed E-state index contributed by atoms with van der Waals surface area (Å²) < 4.78 is 2.24. The Hall–Kier alpha value is -2.12. The maximum absolute atomic E-state index is 13.3. The van der Waals surface area contributed by atoms with Gasteiger partial charge in [0.2, 0.25) is 5.91 Å². The molecule has 2 atom stereocenters. The van der Waals surface area contributed by atoms with E-state index in [4.69, 9.17) is 0 Å². The van der Waals surface area contributed by atoms with Crippen LogP contribution in [0.2, 0.25) is 0 Å². The van der Waals surface area contributed by atoms with Crippen molar-refractivity contribution >= 4 is 34.7 Å². The monoisotopic (exact) mass is 410 g/mol. The summed E-state index contributed by atoms with van der Waals surface area (Å²) >= 11 is 3.21. The highest BCUT2D eigenvalue weighted by atomic mass is 32.2. The van der Waals surface area contributed by atoms with Gasteiger partial charge in [0.1, 0.15) is 0 Å². The van der Waals surface area contributed by atoms with E-state index in [-0.39, 0.29) is 17.2 Å². The minimum Gasteiger partial charge on any atom is -0.308 e. The van der Waals surface area contributed by atoms with E-state index in [0.717, 1.165) is 40.8 Å². The number of nitrogens with zero attached hydrogens (tertiary/aromatic N) is 4. The number of aromatic nitrogens is 3. The van der Waals surface area contributed by atoms with E-state index in [1.54, 1.807) is 11.3 Å². The minimum absolute atomic E-state index is 0.144. The Bertz CT molecular complexity index is 1010. The molecule has 0 bridgehead atoms. The van der Waals surface area contributed by atoms with Crippen LogP contribution in [0, 0.1) is 0 Å². The molecule has 1 aliphatic carbocycles. The van der Waals surface area contributed by atoms with Gasteiger partial charge in [0.05, 0.1) is 10.1 Å². The molecule has 5 nitrogen and oxygen atoms in total. The summed E-state index contributed by atoms with van der Waals surface area (Å²) in [5.74, 6) is 1.07. The number of benzene rings is 1. The second kappa shape index (κ2) is 7.04. The zero-order valence-electron chi connectivity index (χ0n) is 15.9. The van der Waals surface area contributed by atoms with Crippen LogP contribution >= 0.6 is 23.1 Å². The molecule has 3 heterocycles. The van der Waals surface area contributed by atoms with Crippen LogP contribution in [0.25, 0.3) is 10.7 Å². The third-order valence-corrected chi connectivity index (χ3v) is 7.30. The zero-order chi connectivity index (χ0) is 19.3. The van der Waals surface area contributed by atoms with Gasteiger partial charge in [-0.1, -0.05) is 36.0 Å². The van der Waals surface area contributed by atoms with Gasteiger partial charge in [-0.15, -0.1) is 21.5 Å². The lowest BCUT2D eigenvalue weighted by molar-refractivity contribution is -0.118. The van der Waals surface area contributed by atoms with E-state index in [1.807, 2.05) is 30.0 Å². The van der Waals surface area contributed by atoms with Crippen LogP contribution in [-0.2, 0) is 11.2 Å². The molecule has 0 N–H and O–H groups in total. The predicted octanol–water partition coefficient (Wildman–Crippen LogP) is 4.80. The fraction of sp³-hybridized carbons (Fsp3) is 0.381. The van der Waals surface area contributed by atoms with Gasteiger partial charge >= 0.3 is 0 Å². The maximum Gasteiger partial charge on any atom is 0.240 e. The van der Waals surface area contributed by atoms with Gasteiger partial charge in [0, 0.05) is 17.8 Å². The number of hydrogen-bond acceptors (Lipinski definition) is 5. The molecule has 3 aromatic rings. The lowest BCUT2D eigenvalue weighted by atomic mass is 10.1. The number of thiophene rings is 1. The molecule has 1 aliphatic heterocycles. The largest absolute Gasteiger partial charge is 0.308 e. The van der Waals surface area contributed by atoms with Crippen LogP contribution in [0.4, 0.5) is 5.69 Å². The van der Waals surface area contributed by atoms with Crippen molar-refractivity contribution in [2.75, 3.05) is 4.90 Å². The summed E-state index contributed by atoms with van der Waals surface area (Å²) in [7, 11) is 0. The Morgan fingerprint density at radius 2 is 2.04 bits per heavy atom. The lowest BCUT2D eigenvalue weighted by Gasteiger charge is -2.25. The molecule has 144 valence electrons. The smallest absolute Gasteiger partial charge is 0.240 e. The average Bonchev–Trinajstić information content (AvgIpc) is 3.09. The second-order valence-corrected chi connectivity index (χ2v) is 9.79. The van der Waals surface area contributed by atoms with Gasteiger partial charge in [-0.2, -0.15) is 0 Å². The van der Waals surface area contributed by atoms with Crippen molar-refractivity contribution in [3.63, 3.8) is 0 Å². The summed E-state index contributed by atoms with van der Waals surface area (Å²) in [6.45, 7) is 4.11. The van der Waals surface area contributed by atoms with Crippen molar-refractivity contribution in [3.8, 4) is 10.7 Å². The molecule has 7 heteroatoms. The van der Waals surface area contributed by atoms with Crippen LogP contribution in [0.1, 0.15) is 38.3 Å². The van der Waals surface area contributed by atoms with E-state index in [0.29, 0.717) is 6.04 Å². The molecule has 1 amide bonds. The van der Waals surface area contributed by atoms with E-state index >= 15 is 0 Å². The topological polar surface area (TPSA) is 51.0 Å². The molecule has 5 rings (SSSR count). The number of rotatable bonds is 5. The third kappa shape index (κ3) is 3.06. The first-order chi connectivity index (χ1) is 13.6. The number of anilines is 1. The summed E-state index contributed by atoms with van der Waals surface area (Å²) in [5.41, 5.74) is 2.30. The van der Waals surface area contributed by atoms with Crippen molar-refractivity contribution in [2.45, 2.75) is 55.6 Å². The van der Waals surface area contributed by atoms with Gasteiger partial charge in [0.15, 0.2) is 11.0 Å². The van der Waals surface area contributed by atoms with E-state index < -0.39 is 0 Å². The van der Waals surface area contributed by atoms with Gasteiger partial charge in [-0.25, -0.2) is 0 Å².